The molecule has 1 amide bonds. The topological polar surface area (TPSA) is 62.4 Å². The molecule has 0 fully saturated rings. The van der Waals surface area contributed by atoms with Gasteiger partial charge in [-0.15, -0.1) is 0 Å². The summed E-state index contributed by atoms with van der Waals surface area (Å²) < 4.78 is 5.20. The van der Waals surface area contributed by atoms with Crippen molar-refractivity contribution in [3.05, 3.63) is 71.4 Å². The van der Waals surface area contributed by atoms with Crippen LogP contribution in [-0.4, -0.2) is 35.4 Å². The molecule has 2 aromatic carbocycles. The van der Waals surface area contributed by atoms with E-state index in [-0.39, 0.29) is 12.5 Å². The van der Waals surface area contributed by atoms with Crippen LogP contribution in [0.25, 0.3) is 10.9 Å². The number of hydrogen-bond acceptors (Lipinski definition) is 3. The molecular weight excluding hydrogens is 316 g/mol. The lowest BCUT2D eigenvalue weighted by molar-refractivity contribution is -0.133. The third-order valence-electron chi connectivity index (χ3n) is 4.23. The smallest absolute Gasteiger partial charge is 0.340 e. The Balaban J connectivity index is 1.60. The molecule has 1 aromatic heterocycles. The number of benzene rings is 2. The summed E-state index contributed by atoms with van der Waals surface area (Å²) >= 11 is 0. The maximum absolute atomic E-state index is 12.2. The van der Waals surface area contributed by atoms with Gasteiger partial charge in [0, 0.05) is 30.7 Å². The first-order valence-corrected chi connectivity index (χ1v) is 8.08. The molecule has 0 unspecified atom stereocenters. The predicted octanol–water partition coefficient (Wildman–Crippen LogP) is 3.29. The third-order valence-corrected chi connectivity index (χ3v) is 4.23. The van der Waals surface area contributed by atoms with Gasteiger partial charge in [0.1, 0.15) is 0 Å². The Morgan fingerprint density at radius 3 is 2.60 bits per heavy atom. The highest BCUT2D eigenvalue weighted by atomic mass is 16.5. The van der Waals surface area contributed by atoms with Crippen molar-refractivity contribution in [1.82, 2.24) is 9.88 Å². The average Bonchev–Trinajstić information content (AvgIpc) is 3.05. The molecule has 0 atom stereocenters. The van der Waals surface area contributed by atoms with Crippen LogP contribution < -0.4 is 0 Å². The summed E-state index contributed by atoms with van der Waals surface area (Å²) in [5, 5.41) is 0.785. The van der Waals surface area contributed by atoms with Gasteiger partial charge in [0.15, 0.2) is 6.61 Å². The highest BCUT2D eigenvalue weighted by Crippen LogP contribution is 2.18. The first-order chi connectivity index (χ1) is 12.1. The molecule has 0 spiro atoms. The molecule has 128 valence electrons. The number of carbonyl (C=O) groups excluding carboxylic acids is 2. The minimum atomic E-state index is -0.505. The van der Waals surface area contributed by atoms with E-state index in [9.17, 15) is 9.59 Å². The van der Waals surface area contributed by atoms with Gasteiger partial charge in [-0.2, -0.15) is 0 Å². The largest absolute Gasteiger partial charge is 0.452 e. The van der Waals surface area contributed by atoms with Crippen LogP contribution in [0.5, 0.6) is 0 Å². The minimum Gasteiger partial charge on any atom is -0.452 e. The second-order valence-electron chi connectivity index (χ2n) is 6.00. The summed E-state index contributed by atoms with van der Waals surface area (Å²) in [6, 6.07) is 15.4. The Morgan fingerprint density at radius 2 is 1.80 bits per heavy atom. The second kappa shape index (κ2) is 7.21. The molecule has 0 bridgehead atoms. The monoisotopic (exact) mass is 336 g/mol. The number of likely N-dealkylation sites (N-methyl/N-ethyl adjacent to an activating group) is 1. The van der Waals surface area contributed by atoms with Gasteiger partial charge in [0.25, 0.3) is 5.91 Å². The van der Waals surface area contributed by atoms with Crippen molar-refractivity contribution in [2.45, 2.75) is 13.5 Å². The summed E-state index contributed by atoms with van der Waals surface area (Å²) in [6.45, 7) is 2.21. The number of hydrogen-bond donors (Lipinski definition) is 1. The van der Waals surface area contributed by atoms with Gasteiger partial charge in [0.2, 0.25) is 0 Å². The second-order valence-corrected chi connectivity index (χ2v) is 6.00. The quantitative estimate of drug-likeness (QED) is 0.727. The summed E-state index contributed by atoms with van der Waals surface area (Å²) in [7, 11) is 1.70. The standard InChI is InChI=1S/C20H20N2O3/c1-14-7-3-4-8-15(14)12-22(2)19(23)13-25-20(24)17-11-21-18-10-6-5-9-16(17)18/h3-11,21H,12-13H2,1-2H3. The number of aryl methyl sites for hydroxylation is 1. The number of amides is 1. The fourth-order valence-corrected chi connectivity index (χ4v) is 2.69. The Morgan fingerprint density at radius 1 is 1.08 bits per heavy atom. The van der Waals surface area contributed by atoms with E-state index in [0.29, 0.717) is 12.1 Å². The highest BCUT2D eigenvalue weighted by molar-refractivity contribution is 6.04. The van der Waals surface area contributed by atoms with Crippen LogP contribution in [0.2, 0.25) is 0 Å². The molecule has 0 saturated heterocycles. The Labute approximate surface area is 146 Å². The number of aromatic nitrogens is 1. The number of aromatic amines is 1. The number of ether oxygens (including phenoxy) is 1. The number of nitrogens with zero attached hydrogens (tertiary/aromatic N) is 1. The lowest BCUT2D eigenvalue weighted by Gasteiger charge is -2.18. The van der Waals surface area contributed by atoms with E-state index in [0.717, 1.165) is 22.0 Å². The minimum absolute atomic E-state index is 0.239. The van der Waals surface area contributed by atoms with E-state index in [1.165, 1.54) is 0 Å². The molecule has 25 heavy (non-hydrogen) atoms. The van der Waals surface area contributed by atoms with E-state index in [1.807, 2.05) is 55.5 Å². The van der Waals surface area contributed by atoms with Gasteiger partial charge in [-0.1, -0.05) is 42.5 Å². The van der Waals surface area contributed by atoms with E-state index in [4.69, 9.17) is 4.74 Å². The SMILES string of the molecule is Cc1ccccc1CN(C)C(=O)COC(=O)c1c[nH]c2ccccc12. The van der Waals surface area contributed by atoms with Crippen LogP contribution in [-0.2, 0) is 16.1 Å². The Bertz CT molecular complexity index is 914. The summed E-state index contributed by atoms with van der Waals surface area (Å²) in [4.78, 5) is 29.1. The van der Waals surface area contributed by atoms with Crippen LogP contribution in [0.1, 0.15) is 21.5 Å². The number of fused-ring (bicyclic) bond motifs is 1. The van der Waals surface area contributed by atoms with Crippen molar-refractivity contribution in [2.75, 3.05) is 13.7 Å². The number of nitrogens with one attached hydrogen (secondary N) is 1. The maximum atomic E-state index is 12.2. The zero-order chi connectivity index (χ0) is 17.8. The summed E-state index contributed by atoms with van der Waals surface area (Å²) in [6.07, 6.45) is 1.61. The fourth-order valence-electron chi connectivity index (χ4n) is 2.69. The molecule has 5 nitrogen and oxygen atoms in total. The molecule has 1 N–H and O–H groups in total. The number of para-hydroxylation sites is 1. The van der Waals surface area contributed by atoms with Crippen LogP contribution in [0.3, 0.4) is 0 Å². The molecule has 0 saturated carbocycles. The Hall–Kier alpha value is -3.08. The zero-order valence-corrected chi connectivity index (χ0v) is 14.3. The van der Waals surface area contributed by atoms with Crippen molar-refractivity contribution in [1.29, 1.82) is 0 Å². The van der Waals surface area contributed by atoms with Crippen LogP contribution in [0, 0.1) is 6.92 Å². The lowest BCUT2D eigenvalue weighted by atomic mass is 10.1. The number of rotatable bonds is 5. The Kier molecular flexibility index (Phi) is 4.84. The van der Waals surface area contributed by atoms with Crippen molar-refractivity contribution in [3.8, 4) is 0 Å². The number of esters is 1. The van der Waals surface area contributed by atoms with Crippen molar-refractivity contribution in [3.63, 3.8) is 0 Å². The number of H-pyrrole nitrogens is 1. The van der Waals surface area contributed by atoms with E-state index in [1.54, 1.807) is 18.1 Å². The van der Waals surface area contributed by atoms with E-state index < -0.39 is 5.97 Å². The molecule has 0 aliphatic carbocycles. The van der Waals surface area contributed by atoms with Crippen molar-refractivity contribution < 1.29 is 14.3 Å². The molecule has 3 aromatic rings. The normalized spacial score (nSPS) is 10.6. The van der Waals surface area contributed by atoms with Gasteiger partial charge >= 0.3 is 5.97 Å². The predicted molar refractivity (Wildman–Crippen MR) is 96.2 cm³/mol. The molecule has 1 heterocycles. The zero-order valence-electron chi connectivity index (χ0n) is 14.3. The average molecular weight is 336 g/mol. The van der Waals surface area contributed by atoms with Crippen LogP contribution in [0.4, 0.5) is 0 Å². The lowest BCUT2D eigenvalue weighted by Crippen LogP contribution is -2.31. The van der Waals surface area contributed by atoms with Crippen LogP contribution >= 0.6 is 0 Å². The van der Waals surface area contributed by atoms with Gasteiger partial charge in [-0.05, 0) is 24.1 Å². The molecule has 5 heteroatoms. The first kappa shape index (κ1) is 16.8. The maximum Gasteiger partial charge on any atom is 0.340 e. The van der Waals surface area contributed by atoms with Crippen LogP contribution in [0.15, 0.2) is 54.7 Å². The molecule has 0 radical (unpaired) electrons. The highest BCUT2D eigenvalue weighted by Gasteiger charge is 2.17. The summed E-state index contributed by atoms with van der Waals surface area (Å²) in [5.74, 6) is -0.744. The van der Waals surface area contributed by atoms with E-state index in [2.05, 4.69) is 4.98 Å². The van der Waals surface area contributed by atoms with Crippen molar-refractivity contribution >= 4 is 22.8 Å². The molecule has 3 rings (SSSR count). The van der Waals surface area contributed by atoms with Crippen molar-refractivity contribution in [2.24, 2.45) is 0 Å². The van der Waals surface area contributed by atoms with Gasteiger partial charge in [-0.25, -0.2) is 4.79 Å². The molecule has 0 aliphatic rings. The summed E-state index contributed by atoms with van der Waals surface area (Å²) in [5.41, 5.74) is 3.49. The van der Waals surface area contributed by atoms with Gasteiger partial charge < -0.3 is 14.6 Å². The number of carbonyl (C=O) groups is 2. The third kappa shape index (κ3) is 3.71. The van der Waals surface area contributed by atoms with Gasteiger partial charge in [0.05, 0.1) is 5.56 Å². The van der Waals surface area contributed by atoms with Gasteiger partial charge in [-0.3, -0.25) is 4.79 Å². The van der Waals surface area contributed by atoms with E-state index >= 15 is 0 Å². The fraction of sp³-hybridized carbons (Fsp3) is 0.200. The molecular formula is C20H20N2O3. The first-order valence-electron chi connectivity index (χ1n) is 8.08. The molecule has 0 aliphatic heterocycles.